The zero-order valence-corrected chi connectivity index (χ0v) is 15.4. The van der Waals surface area contributed by atoms with Crippen LogP contribution in [0.4, 0.5) is 0 Å². The highest BCUT2D eigenvalue weighted by atomic mass is 16.3. The van der Waals surface area contributed by atoms with Gasteiger partial charge in [-0.3, -0.25) is 0 Å². The maximum Gasteiger partial charge on any atom is 0.163 e. The molecule has 5 heteroatoms. The van der Waals surface area contributed by atoms with Crippen molar-refractivity contribution < 1.29 is 5.11 Å². The molecule has 0 amide bonds. The van der Waals surface area contributed by atoms with Gasteiger partial charge in [-0.05, 0) is 75.0 Å². The van der Waals surface area contributed by atoms with E-state index in [4.69, 9.17) is 0 Å². The number of aromatic nitrogens is 3. The van der Waals surface area contributed by atoms with Crippen LogP contribution < -0.4 is 0 Å². The fraction of sp³-hybridized carbons (Fsp3) is 0.429. The fourth-order valence-corrected chi connectivity index (χ4v) is 4.52. The molecule has 5 nitrogen and oxygen atoms in total. The molecule has 26 heavy (non-hydrogen) atoms. The second kappa shape index (κ2) is 5.81. The molecule has 1 aliphatic carbocycles. The predicted octanol–water partition coefficient (Wildman–Crippen LogP) is 3.48. The van der Waals surface area contributed by atoms with E-state index in [1.807, 2.05) is 6.07 Å². The van der Waals surface area contributed by atoms with Crippen molar-refractivity contribution in [2.75, 3.05) is 20.1 Å². The molecular formula is C21H24N4O. The van der Waals surface area contributed by atoms with Gasteiger partial charge in [0.25, 0.3) is 0 Å². The molecular weight excluding hydrogens is 324 g/mol. The Morgan fingerprint density at radius 3 is 2.81 bits per heavy atom. The lowest BCUT2D eigenvalue weighted by molar-refractivity contribution is 0.214. The first-order valence-corrected chi connectivity index (χ1v) is 9.50. The van der Waals surface area contributed by atoms with Gasteiger partial charge in [0, 0.05) is 29.7 Å². The first kappa shape index (κ1) is 15.8. The highest BCUT2D eigenvalue weighted by Crippen LogP contribution is 2.40. The molecule has 1 N–H and O–H groups in total. The number of aromatic hydroxyl groups is 1. The van der Waals surface area contributed by atoms with E-state index >= 15 is 0 Å². The van der Waals surface area contributed by atoms with Crippen molar-refractivity contribution in [3.63, 3.8) is 0 Å². The smallest absolute Gasteiger partial charge is 0.163 e. The van der Waals surface area contributed by atoms with Crippen LogP contribution >= 0.6 is 0 Å². The number of phenols is 1. The van der Waals surface area contributed by atoms with Crippen LogP contribution in [-0.4, -0.2) is 44.9 Å². The highest BCUT2D eigenvalue weighted by Gasteiger charge is 2.24. The van der Waals surface area contributed by atoms with Gasteiger partial charge in [0.15, 0.2) is 5.65 Å². The second-order valence-corrected chi connectivity index (χ2v) is 7.79. The second-order valence-electron chi connectivity index (χ2n) is 7.79. The van der Waals surface area contributed by atoms with Gasteiger partial charge < -0.3 is 14.6 Å². The van der Waals surface area contributed by atoms with Gasteiger partial charge in [-0.15, -0.1) is 10.2 Å². The first-order valence-electron chi connectivity index (χ1n) is 9.50. The minimum Gasteiger partial charge on any atom is -0.507 e. The summed E-state index contributed by atoms with van der Waals surface area (Å²) in [6.45, 7) is 4.31. The number of hydrogen-bond acceptors (Lipinski definition) is 4. The normalized spacial score (nSPS) is 20.2. The van der Waals surface area contributed by atoms with E-state index in [0.717, 1.165) is 52.8 Å². The van der Waals surface area contributed by atoms with Crippen molar-refractivity contribution in [1.82, 2.24) is 19.7 Å². The molecule has 0 bridgehead atoms. The van der Waals surface area contributed by atoms with E-state index in [1.54, 1.807) is 0 Å². The molecule has 1 fully saturated rings. The molecule has 134 valence electrons. The standard InChI is InChI=1S/C21H24N4O/c1-13-16-9-11-25(15-4-3-10-24(2)12-15)21(16)23-22-19(13)18-8-6-14-5-7-17(14)20(18)26/h6,8-9,11,15,26H,3-5,7,10,12H2,1-2H3/t15-/m1/s1. The molecule has 0 spiro atoms. The third-order valence-electron chi connectivity index (χ3n) is 6.16. The Balaban J connectivity index is 1.60. The lowest BCUT2D eigenvalue weighted by atomic mass is 9.85. The number of fused-ring (bicyclic) bond motifs is 2. The summed E-state index contributed by atoms with van der Waals surface area (Å²) in [4.78, 5) is 2.38. The summed E-state index contributed by atoms with van der Waals surface area (Å²) in [5.41, 5.74) is 5.98. The molecule has 1 atom stereocenters. The Hall–Kier alpha value is -2.40. The summed E-state index contributed by atoms with van der Waals surface area (Å²) in [5, 5.41) is 20.9. The van der Waals surface area contributed by atoms with E-state index in [2.05, 4.69) is 52.0 Å². The highest BCUT2D eigenvalue weighted by molar-refractivity contribution is 5.87. The van der Waals surface area contributed by atoms with E-state index in [1.165, 1.54) is 24.9 Å². The predicted molar refractivity (Wildman–Crippen MR) is 103 cm³/mol. The molecule has 0 saturated carbocycles. The van der Waals surface area contributed by atoms with Crippen LogP contribution in [-0.2, 0) is 12.8 Å². The lowest BCUT2D eigenvalue weighted by Gasteiger charge is -2.30. The summed E-state index contributed by atoms with van der Waals surface area (Å²) in [5.74, 6) is 0.388. The Morgan fingerprint density at radius 1 is 1.15 bits per heavy atom. The van der Waals surface area contributed by atoms with Crippen LogP contribution in [0.5, 0.6) is 5.75 Å². The third-order valence-corrected chi connectivity index (χ3v) is 6.16. The van der Waals surface area contributed by atoms with E-state index in [0.29, 0.717) is 11.8 Å². The minimum atomic E-state index is 0.388. The lowest BCUT2D eigenvalue weighted by Crippen LogP contribution is -2.33. The fourth-order valence-electron chi connectivity index (χ4n) is 4.52. The maximum atomic E-state index is 10.6. The number of likely N-dealkylation sites (N-methyl/N-ethyl adjacent to an activating group) is 1. The van der Waals surface area contributed by atoms with Crippen molar-refractivity contribution in [3.8, 4) is 17.0 Å². The van der Waals surface area contributed by atoms with Gasteiger partial charge in [0.1, 0.15) is 11.4 Å². The Kier molecular flexibility index (Phi) is 3.54. The van der Waals surface area contributed by atoms with Crippen LogP contribution in [0, 0.1) is 6.92 Å². The van der Waals surface area contributed by atoms with Crippen molar-refractivity contribution in [3.05, 3.63) is 41.1 Å². The van der Waals surface area contributed by atoms with Gasteiger partial charge >= 0.3 is 0 Å². The molecule has 1 saturated heterocycles. The summed E-state index contributed by atoms with van der Waals surface area (Å²) < 4.78 is 2.28. The average Bonchev–Trinajstić information content (AvgIpc) is 3.02. The van der Waals surface area contributed by atoms with Crippen molar-refractivity contribution >= 4 is 11.0 Å². The average molecular weight is 348 g/mol. The molecule has 2 aliphatic rings. The summed E-state index contributed by atoms with van der Waals surface area (Å²) in [7, 11) is 2.18. The number of nitrogens with zero attached hydrogens (tertiary/aromatic N) is 4. The zero-order valence-electron chi connectivity index (χ0n) is 15.4. The molecule has 5 rings (SSSR count). The number of benzene rings is 1. The van der Waals surface area contributed by atoms with Crippen LogP contribution in [0.2, 0.25) is 0 Å². The number of likely N-dealkylation sites (tertiary alicyclic amines) is 1. The number of hydrogen-bond donors (Lipinski definition) is 1. The quantitative estimate of drug-likeness (QED) is 0.770. The van der Waals surface area contributed by atoms with Crippen LogP contribution in [0.25, 0.3) is 22.3 Å². The van der Waals surface area contributed by atoms with Gasteiger partial charge in [0.05, 0.1) is 0 Å². The van der Waals surface area contributed by atoms with E-state index in [-0.39, 0.29) is 0 Å². The van der Waals surface area contributed by atoms with Gasteiger partial charge in [-0.25, -0.2) is 0 Å². The van der Waals surface area contributed by atoms with Crippen molar-refractivity contribution in [2.24, 2.45) is 0 Å². The zero-order chi connectivity index (χ0) is 17.8. The summed E-state index contributed by atoms with van der Waals surface area (Å²) >= 11 is 0. The third kappa shape index (κ3) is 2.27. The monoisotopic (exact) mass is 348 g/mol. The van der Waals surface area contributed by atoms with Gasteiger partial charge in [0.2, 0.25) is 0 Å². The summed E-state index contributed by atoms with van der Waals surface area (Å²) in [6, 6.07) is 6.71. The largest absolute Gasteiger partial charge is 0.507 e. The maximum absolute atomic E-state index is 10.6. The number of piperidine rings is 1. The van der Waals surface area contributed by atoms with Crippen molar-refractivity contribution in [2.45, 2.75) is 38.6 Å². The molecule has 1 aromatic carbocycles. The van der Waals surface area contributed by atoms with Crippen LogP contribution in [0.15, 0.2) is 24.4 Å². The number of phenolic OH excluding ortho intramolecular Hbond substituents is 1. The van der Waals surface area contributed by atoms with Crippen molar-refractivity contribution in [1.29, 1.82) is 0 Å². The number of rotatable bonds is 2. The topological polar surface area (TPSA) is 54.2 Å². The van der Waals surface area contributed by atoms with Gasteiger partial charge in [-0.1, -0.05) is 6.07 Å². The Morgan fingerprint density at radius 2 is 2.04 bits per heavy atom. The molecule has 1 aliphatic heterocycles. The van der Waals surface area contributed by atoms with Crippen LogP contribution in [0.1, 0.15) is 35.6 Å². The summed E-state index contributed by atoms with van der Waals surface area (Å²) in [6.07, 6.45) is 6.56. The first-order chi connectivity index (χ1) is 12.6. The van der Waals surface area contributed by atoms with E-state index < -0.39 is 0 Å². The molecule has 0 radical (unpaired) electrons. The molecule has 2 aromatic heterocycles. The number of aryl methyl sites for hydroxylation is 2. The Bertz CT molecular complexity index is 1010. The van der Waals surface area contributed by atoms with Crippen LogP contribution in [0.3, 0.4) is 0 Å². The molecule has 0 unspecified atom stereocenters. The SMILES string of the molecule is Cc1c(-c2ccc3c(c2O)CC3)nnc2c1ccn2[C@@H]1CCCN(C)C1. The van der Waals surface area contributed by atoms with E-state index in [9.17, 15) is 5.11 Å². The minimum absolute atomic E-state index is 0.388. The Labute approximate surface area is 153 Å². The molecule has 3 heterocycles. The molecule has 3 aromatic rings. The van der Waals surface area contributed by atoms with Gasteiger partial charge in [-0.2, -0.15) is 0 Å².